The van der Waals surface area contributed by atoms with Gasteiger partial charge in [0.2, 0.25) is 0 Å². The number of nitrogens with two attached hydrogens (primary N) is 1. The molecule has 1 aromatic carbocycles. The average Bonchev–Trinajstić information content (AvgIpc) is 2.82. The van der Waals surface area contributed by atoms with Gasteiger partial charge in [-0.15, -0.1) is 10.2 Å². The first kappa shape index (κ1) is 13.1. The van der Waals surface area contributed by atoms with Crippen LogP contribution in [0.2, 0.25) is 0 Å². The molecule has 5 nitrogen and oxygen atoms in total. The summed E-state index contributed by atoms with van der Waals surface area (Å²) < 4.78 is 2.26. The number of hydrogen-bond acceptors (Lipinski definition) is 4. The molecule has 1 aliphatic rings. The summed E-state index contributed by atoms with van der Waals surface area (Å²) in [5.41, 5.74) is 7.91. The van der Waals surface area contributed by atoms with Crippen molar-refractivity contribution in [3.63, 3.8) is 0 Å². The molecule has 5 heteroatoms. The molecule has 20 heavy (non-hydrogen) atoms. The Morgan fingerprint density at radius 2 is 2.10 bits per heavy atom. The SMILES string of the molecule is CC(C)c1nnc2n1CCN(Cc1cccc(N)c1)C2. The van der Waals surface area contributed by atoms with Crippen LogP contribution in [0.4, 0.5) is 5.69 Å². The molecular formula is C15H21N5. The molecule has 0 aliphatic carbocycles. The van der Waals surface area contributed by atoms with Crippen LogP contribution in [0.1, 0.15) is 37.0 Å². The fraction of sp³-hybridized carbons (Fsp3) is 0.467. The van der Waals surface area contributed by atoms with E-state index in [9.17, 15) is 0 Å². The number of fused-ring (bicyclic) bond motifs is 1. The maximum Gasteiger partial charge on any atom is 0.147 e. The van der Waals surface area contributed by atoms with E-state index in [0.717, 1.165) is 43.5 Å². The van der Waals surface area contributed by atoms with E-state index in [4.69, 9.17) is 5.73 Å². The maximum absolute atomic E-state index is 5.83. The number of nitrogens with zero attached hydrogens (tertiary/aromatic N) is 4. The zero-order valence-corrected chi connectivity index (χ0v) is 12.1. The third kappa shape index (κ3) is 2.54. The van der Waals surface area contributed by atoms with Crippen molar-refractivity contribution in [2.24, 2.45) is 0 Å². The van der Waals surface area contributed by atoms with Crippen molar-refractivity contribution in [2.75, 3.05) is 12.3 Å². The van der Waals surface area contributed by atoms with Crippen LogP contribution in [0.25, 0.3) is 0 Å². The van der Waals surface area contributed by atoms with Gasteiger partial charge in [0, 0.05) is 31.2 Å². The van der Waals surface area contributed by atoms with E-state index < -0.39 is 0 Å². The summed E-state index contributed by atoms with van der Waals surface area (Å²) in [6.45, 7) is 8.09. The first-order valence-electron chi connectivity index (χ1n) is 7.12. The number of hydrogen-bond donors (Lipinski definition) is 1. The van der Waals surface area contributed by atoms with E-state index in [1.807, 2.05) is 18.2 Å². The van der Waals surface area contributed by atoms with Crippen molar-refractivity contribution in [1.82, 2.24) is 19.7 Å². The topological polar surface area (TPSA) is 60.0 Å². The van der Waals surface area contributed by atoms with Crippen LogP contribution in [0, 0.1) is 0 Å². The lowest BCUT2D eigenvalue weighted by molar-refractivity contribution is 0.206. The van der Waals surface area contributed by atoms with E-state index in [1.165, 1.54) is 5.56 Å². The average molecular weight is 271 g/mol. The minimum atomic E-state index is 0.428. The van der Waals surface area contributed by atoms with E-state index in [1.54, 1.807) is 0 Å². The maximum atomic E-state index is 5.83. The lowest BCUT2D eigenvalue weighted by Gasteiger charge is -2.28. The van der Waals surface area contributed by atoms with Crippen LogP contribution in [0.3, 0.4) is 0 Å². The summed E-state index contributed by atoms with van der Waals surface area (Å²) in [6, 6.07) is 8.09. The molecular weight excluding hydrogens is 250 g/mol. The van der Waals surface area contributed by atoms with Crippen molar-refractivity contribution in [3.8, 4) is 0 Å². The predicted molar refractivity (Wildman–Crippen MR) is 79.1 cm³/mol. The van der Waals surface area contributed by atoms with Gasteiger partial charge in [0.05, 0.1) is 6.54 Å². The monoisotopic (exact) mass is 271 g/mol. The van der Waals surface area contributed by atoms with Gasteiger partial charge in [-0.25, -0.2) is 0 Å². The van der Waals surface area contributed by atoms with Gasteiger partial charge in [-0.05, 0) is 17.7 Å². The Morgan fingerprint density at radius 3 is 2.85 bits per heavy atom. The number of benzene rings is 1. The lowest BCUT2D eigenvalue weighted by Crippen LogP contribution is -2.34. The minimum Gasteiger partial charge on any atom is -0.399 e. The third-order valence-corrected chi connectivity index (χ3v) is 3.73. The molecule has 0 spiro atoms. The summed E-state index contributed by atoms with van der Waals surface area (Å²) in [5.74, 6) is 2.60. The molecule has 0 saturated carbocycles. The molecule has 0 unspecified atom stereocenters. The van der Waals surface area contributed by atoms with Gasteiger partial charge in [0.1, 0.15) is 11.6 Å². The minimum absolute atomic E-state index is 0.428. The normalized spacial score (nSPS) is 15.6. The van der Waals surface area contributed by atoms with Crippen molar-refractivity contribution in [2.45, 2.75) is 39.4 Å². The molecule has 1 aromatic heterocycles. The van der Waals surface area contributed by atoms with Gasteiger partial charge in [-0.2, -0.15) is 0 Å². The van der Waals surface area contributed by atoms with Crippen LogP contribution in [-0.4, -0.2) is 26.2 Å². The quantitative estimate of drug-likeness (QED) is 0.867. The lowest BCUT2D eigenvalue weighted by atomic mass is 10.1. The Balaban J connectivity index is 1.73. The molecule has 0 atom stereocenters. The summed E-state index contributed by atoms with van der Waals surface area (Å²) in [6.07, 6.45) is 0. The largest absolute Gasteiger partial charge is 0.399 e. The van der Waals surface area contributed by atoms with Crippen LogP contribution in [-0.2, 0) is 19.6 Å². The smallest absolute Gasteiger partial charge is 0.147 e. The highest BCUT2D eigenvalue weighted by Gasteiger charge is 2.22. The molecule has 0 bridgehead atoms. The molecule has 0 radical (unpaired) electrons. The Morgan fingerprint density at radius 1 is 1.25 bits per heavy atom. The summed E-state index contributed by atoms with van der Waals surface area (Å²) in [5, 5.41) is 8.65. The Kier molecular flexibility index (Phi) is 3.44. The van der Waals surface area contributed by atoms with Gasteiger partial charge < -0.3 is 10.3 Å². The van der Waals surface area contributed by atoms with Crippen LogP contribution in [0.15, 0.2) is 24.3 Å². The third-order valence-electron chi connectivity index (χ3n) is 3.73. The van der Waals surface area contributed by atoms with Crippen molar-refractivity contribution >= 4 is 5.69 Å². The Bertz CT molecular complexity index is 602. The van der Waals surface area contributed by atoms with Gasteiger partial charge in [0.25, 0.3) is 0 Å². The highest BCUT2D eigenvalue weighted by molar-refractivity contribution is 5.40. The second-order valence-electron chi connectivity index (χ2n) is 5.74. The molecule has 2 aromatic rings. The first-order chi connectivity index (χ1) is 9.63. The fourth-order valence-electron chi connectivity index (χ4n) is 2.74. The van der Waals surface area contributed by atoms with Crippen LogP contribution in [0.5, 0.6) is 0 Å². The second kappa shape index (κ2) is 5.25. The summed E-state index contributed by atoms with van der Waals surface area (Å²) in [7, 11) is 0. The predicted octanol–water partition coefficient (Wildman–Crippen LogP) is 2.00. The number of aromatic nitrogens is 3. The molecule has 2 N–H and O–H groups in total. The summed E-state index contributed by atoms with van der Waals surface area (Å²) in [4.78, 5) is 2.39. The summed E-state index contributed by atoms with van der Waals surface area (Å²) >= 11 is 0. The highest BCUT2D eigenvalue weighted by atomic mass is 15.3. The van der Waals surface area contributed by atoms with E-state index >= 15 is 0 Å². The van der Waals surface area contributed by atoms with Crippen LogP contribution >= 0.6 is 0 Å². The highest BCUT2D eigenvalue weighted by Crippen LogP contribution is 2.20. The first-order valence-corrected chi connectivity index (χ1v) is 7.12. The standard InChI is InChI=1S/C15H21N5/c1-11(2)15-18-17-14-10-19(6-7-20(14)15)9-12-4-3-5-13(16)8-12/h3-5,8,11H,6-7,9-10,16H2,1-2H3. The Labute approximate surface area is 119 Å². The molecule has 106 valence electrons. The molecule has 2 heterocycles. The van der Waals surface area contributed by atoms with Gasteiger partial charge >= 0.3 is 0 Å². The van der Waals surface area contributed by atoms with Crippen LogP contribution < -0.4 is 5.73 Å². The van der Waals surface area contributed by atoms with Gasteiger partial charge in [0.15, 0.2) is 0 Å². The van der Waals surface area contributed by atoms with Crippen molar-refractivity contribution in [1.29, 1.82) is 0 Å². The van der Waals surface area contributed by atoms with Gasteiger partial charge in [-0.1, -0.05) is 26.0 Å². The second-order valence-corrected chi connectivity index (χ2v) is 5.74. The molecule has 0 saturated heterocycles. The zero-order chi connectivity index (χ0) is 14.1. The number of anilines is 1. The van der Waals surface area contributed by atoms with Crippen molar-refractivity contribution in [3.05, 3.63) is 41.5 Å². The van der Waals surface area contributed by atoms with E-state index in [2.05, 4.69) is 39.6 Å². The molecule has 3 rings (SSSR count). The van der Waals surface area contributed by atoms with E-state index in [-0.39, 0.29) is 0 Å². The number of nitrogen functional groups attached to an aromatic ring is 1. The molecule has 0 amide bonds. The molecule has 1 aliphatic heterocycles. The van der Waals surface area contributed by atoms with Crippen molar-refractivity contribution < 1.29 is 0 Å². The fourth-order valence-corrected chi connectivity index (χ4v) is 2.74. The van der Waals surface area contributed by atoms with Gasteiger partial charge in [-0.3, -0.25) is 4.90 Å². The molecule has 0 fully saturated rings. The van der Waals surface area contributed by atoms with E-state index in [0.29, 0.717) is 5.92 Å². The zero-order valence-electron chi connectivity index (χ0n) is 12.1. The Hall–Kier alpha value is -1.88. The number of rotatable bonds is 3.